The molecule has 0 aliphatic carbocycles. The first-order valence-corrected chi connectivity index (χ1v) is 7.52. The molecule has 102 valence electrons. The number of hydrogen-bond donors (Lipinski definition) is 2. The van der Waals surface area contributed by atoms with Gasteiger partial charge in [0, 0.05) is 4.88 Å². The SMILES string of the molecule is O=C(CN1CSCC1=O)NC(C(=O)O)c1cccs1. The van der Waals surface area contributed by atoms with E-state index in [9.17, 15) is 14.4 Å². The van der Waals surface area contributed by atoms with Crippen molar-refractivity contribution in [2.24, 2.45) is 0 Å². The third-order valence-corrected chi connectivity index (χ3v) is 4.42. The Balaban J connectivity index is 1.96. The zero-order chi connectivity index (χ0) is 13.8. The van der Waals surface area contributed by atoms with Gasteiger partial charge in [-0.15, -0.1) is 23.1 Å². The van der Waals surface area contributed by atoms with Gasteiger partial charge in [-0.05, 0) is 11.4 Å². The van der Waals surface area contributed by atoms with Crippen LogP contribution in [0.25, 0.3) is 0 Å². The molecule has 1 saturated heterocycles. The van der Waals surface area contributed by atoms with E-state index in [1.807, 2.05) is 0 Å². The molecule has 0 aromatic carbocycles. The number of aliphatic carboxylic acids is 1. The Bertz CT molecular complexity index is 489. The number of rotatable bonds is 5. The van der Waals surface area contributed by atoms with Crippen LogP contribution in [0.5, 0.6) is 0 Å². The Morgan fingerprint density at radius 1 is 1.53 bits per heavy atom. The van der Waals surface area contributed by atoms with Gasteiger partial charge in [0.15, 0.2) is 6.04 Å². The first-order valence-electron chi connectivity index (χ1n) is 5.49. The van der Waals surface area contributed by atoms with E-state index in [1.165, 1.54) is 28.0 Å². The summed E-state index contributed by atoms with van der Waals surface area (Å²) in [6.07, 6.45) is 0. The molecule has 19 heavy (non-hydrogen) atoms. The molecule has 2 N–H and O–H groups in total. The Labute approximate surface area is 117 Å². The van der Waals surface area contributed by atoms with Crippen molar-refractivity contribution in [1.29, 1.82) is 0 Å². The zero-order valence-electron chi connectivity index (χ0n) is 9.87. The van der Waals surface area contributed by atoms with Crippen LogP contribution >= 0.6 is 23.1 Å². The van der Waals surface area contributed by atoms with Crippen molar-refractivity contribution in [2.45, 2.75) is 6.04 Å². The van der Waals surface area contributed by atoms with Gasteiger partial charge >= 0.3 is 5.97 Å². The summed E-state index contributed by atoms with van der Waals surface area (Å²) in [6, 6.07) is 2.32. The maximum atomic E-state index is 11.8. The second kappa shape index (κ2) is 6.07. The van der Waals surface area contributed by atoms with E-state index in [0.717, 1.165) is 0 Å². The average Bonchev–Trinajstić information content (AvgIpc) is 2.98. The van der Waals surface area contributed by atoms with Gasteiger partial charge in [0.1, 0.15) is 6.54 Å². The Kier molecular flexibility index (Phi) is 4.43. The number of nitrogens with zero attached hydrogens (tertiary/aromatic N) is 1. The van der Waals surface area contributed by atoms with Gasteiger partial charge in [-0.3, -0.25) is 9.59 Å². The second-order valence-electron chi connectivity index (χ2n) is 3.92. The highest BCUT2D eigenvalue weighted by molar-refractivity contribution is 8.00. The smallest absolute Gasteiger partial charge is 0.331 e. The molecule has 0 saturated carbocycles. The second-order valence-corrected chi connectivity index (χ2v) is 5.86. The van der Waals surface area contributed by atoms with E-state index in [0.29, 0.717) is 16.5 Å². The third kappa shape index (κ3) is 3.48. The lowest BCUT2D eigenvalue weighted by Crippen LogP contribution is -2.41. The predicted molar refractivity (Wildman–Crippen MR) is 71.9 cm³/mol. The summed E-state index contributed by atoms with van der Waals surface area (Å²) in [5, 5.41) is 13.3. The van der Waals surface area contributed by atoms with Gasteiger partial charge in [-0.25, -0.2) is 4.79 Å². The molecular weight excluding hydrogens is 288 g/mol. The van der Waals surface area contributed by atoms with E-state index in [4.69, 9.17) is 5.11 Å². The summed E-state index contributed by atoms with van der Waals surface area (Å²) in [4.78, 5) is 36.3. The van der Waals surface area contributed by atoms with E-state index in [1.54, 1.807) is 17.5 Å². The van der Waals surface area contributed by atoms with Crippen LogP contribution < -0.4 is 5.32 Å². The molecule has 1 aromatic heterocycles. The number of amides is 2. The van der Waals surface area contributed by atoms with Gasteiger partial charge in [0.2, 0.25) is 11.8 Å². The molecule has 0 bridgehead atoms. The number of carboxylic acid groups (broad SMARTS) is 1. The molecule has 1 aliphatic rings. The number of thiophene rings is 1. The molecule has 2 rings (SSSR count). The van der Waals surface area contributed by atoms with E-state index < -0.39 is 17.9 Å². The van der Waals surface area contributed by atoms with Crippen LogP contribution in [0.3, 0.4) is 0 Å². The van der Waals surface area contributed by atoms with E-state index in [2.05, 4.69) is 5.32 Å². The van der Waals surface area contributed by atoms with Crippen LogP contribution in [-0.2, 0) is 14.4 Å². The third-order valence-electron chi connectivity index (χ3n) is 2.54. The minimum atomic E-state index is -1.11. The van der Waals surface area contributed by atoms with E-state index >= 15 is 0 Å². The molecule has 2 amide bonds. The van der Waals surface area contributed by atoms with Crippen LogP contribution in [0.2, 0.25) is 0 Å². The molecule has 1 atom stereocenters. The van der Waals surface area contributed by atoms with Crippen molar-refractivity contribution >= 4 is 40.9 Å². The largest absolute Gasteiger partial charge is 0.479 e. The van der Waals surface area contributed by atoms with Crippen molar-refractivity contribution in [1.82, 2.24) is 10.2 Å². The lowest BCUT2D eigenvalue weighted by molar-refractivity contribution is -0.142. The fraction of sp³-hybridized carbons (Fsp3) is 0.364. The Hall–Kier alpha value is -1.54. The maximum absolute atomic E-state index is 11.8. The predicted octanol–water partition coefficient (Wildman–Crippen LogP) is 0.523. The summed E-state index contributed by atoms with van der Waals surface area (Å²) in [6.45, 7) is -0.0962. The molecular formula is C11H12N2O4S2. The number of carbonyl (C=O) groups is 3. The van der Waals surface area contributed by atoms with Crippen molar-refractivity contribution in [3.63, 3.8) is 0 Å². The minimum absolute atomic E-state index is 0.0943. The van der Waals surface area contributed by atoms with Crippen molar-refractivity contribution in [2.75, 3.05) is 18.2 Å². The fourth-order valence-corrected chi connectivity index (χ4v) is 3.30. The first kappa shape index (κ1) is 13.9. The highest BCUT2D eigenvalue weighted by Gasteiger charge is 2.27. The fourth-order valence-electron chi connectivity index (χ4n) is 1.63. The Morgan fingerprint density at radius 3 is 2.84 bits per heavy atom. The van der Waals surface area contributed by atoms with Gasteiger partial charge in [-0.1, -0.05) is 6.07 Å². The zero-order valence-corrected chi connectivity index (χ0v) is 11.5. The van der Waals surface area contributed by atoms with Crippen LogP contribution in [0, 0.1) is 0 Å². The van der Waals surface area contributed by atoms with Crippen molar-refractivity contribution < 1.29 is 19.5 Å². The molecule has 2 heterocycles. The molecule has 6 nitrogen and oxygen atoms in total. The molecule has 1 fully saturated rings. The highest BCUT2D eigenvalue weighted by Crippen LogP contribution is 2.19. The monoisotopic (exact) mass is 300 g/mol. The van der Waals surface area contributed by atoms with Crippen molar-refractivity contribution in [3.05, 3.63) is 22.4 Å². The average molecular weight is 300 g/mol. The standard InChI is InChI=1S/C11H12N2O4S2/c14-8(4-13-6-18-5-9(13)15)12-10(11(16)17)7-2-1-3-19-7/h1-3,10H,4-6H2,(H,12,14)(H,16,17). The summed E-state index contributed by atoms with van der Waals surface area (Å²) in [5.41, 5.74) is 0. The van der Waals surface area contributed by atoms with Gasteiger partial charge in [0.05, 0.1) is 11.6 Å². The van der Waals surface area contributed by atoms with Gasteiger partial charge in [-0.2, -0.15) is 0 Å². The summed E-state index contributed by atoms with van der Waals surface area (Å²) >= 11 is 2.70. The van der Waals surface area contributed by atoms with Crippen LogP contribution in [0.4, 0.5) is 0 Å². The van der Waals surface area contributed by atoms with Crippen molar-refractivity contribution in [3.8, 4) is 0 Å². The van der Waals surface area contributed by atoms with Crippen LogP contribution in [-0.4, -0.2) is 46.0 Å². The summed E-state index contributed by atoms with van der Waals surface area (Å²) < 4.78 is 0. The van der Waals surface area contributed by atoms with Crippen LogP contribution in [0.1, 0.15) is 10.9 Å². The molecule has 1 aliphatic heterocycles. The van der Waals surface area contributed by atoms with Gasteiger partial charge in [0.25, 0.3) is 0 Å². The summed E-state index contributed by atoms with van der Waals surface area (Å²) in [7, 11) is 0. The first-order chi connectivity index (χ1) is 9.08. The topological polar surface area (TPSA) is 86.7 Å². The number of carboxylic acids is 1. The van der Waals surface area contributed by atoms with Gasteiger partial charge < -0.3 is 15.3 Å². The molecule has 1 unspecified atom stereocenters. The number of hydrogen-bond acceptors (Lipinski definition) is 5. The molecule has 8 heteroatoms. The van der Waals surface area contributed by atoms with E-state index in [-0.39, 0.29) is 12.5 Å². The normalized spacial score (nSPS) is 16.4. The minimum Gasteiger partial charge on any atom is -0.479 e. The number of carbonyl (C=O) groups excluding carboxylic acids is 2. The highest BCUT2D eigenvalue weighted by atomic mass is 32.2. The van der Waals surface area contributed by atoms with Crippen LogP contribution in [0.15, 0.2) is 17.5 Å². The summed E-state index contributed by atoms with van der Waals surface area (Å²) in [5.74, 6) is -0.818. The molecule has 0 radical (unpaired) electrons. The lowest BCUT2D eigenvalue weighted by Gasteiger charge is -2.17. The number of thioether (sulfide) groups is 1. The lowest BCUT2D eigenvalue weighted by atomic mass is 10.2. The quantitative estimate of drug-likeness (QED) is 0.828. The maximum Gasteiger partial charge on any atom is 0.331 e. The molecule has 0 spiro atoms. The molecule has 1 aromatic rings. The number of nitrogens with one attached hydrogen (secondary N) is 1. The Morgan fingerprint density at radius 2 is 2.32 bits per heavy atom.